The number of hydrogen-bond acceptors (Lipinski definition) is 2. The van der Waals surface area contributed by atoms with Crippen LogP contribution in [0.1, 0.15) is 30.9 Å². The van der Waals surface area contributed by atoms with Gasteiger partial charge in [-0.05, 0) is 31.4 Å². The van der Waals surface area contributed by atoms with E-state index in [0.717, 1.165) is 12.1 Å². The zero-order chi connectivity index (χ0) is 17.2. The van der Waals surface area contributed by atoms with Gasteiger partial charge < -0.3 is 10.0 Å². The summed E-state index contributed by atoms with van der Waals surface area (Å²) in [5.74, 6) is -1.91. The van der Waals surface area contributed by atoms with Crippen molar-refractivity contribution in [3.05, 3.63) is 35.4 Å². The van der Waals surface area contributed by atoms with Crippen molar-refractivity contribution in [1.82, 2.24) is 4.90 Å². The first-order chi connectivity index (χ1) is 10.7. The van der Waals surface area contributed by atoms with E-state index in [4.69, 9.17) is 5.11 Å². The molecule has 0 aliphatic carbocycles. The van der Waals surface area contributed by atoms with E-state index in [1.54, 1.807) is 0 Å². The van der Waals surface area contributed by atoms with Crippen LogP contribution in [0.4, 0.5) is 13.2 Å². The molecule has 1 aliphatic rings. The molecule has 0 bridgehead atoms. The summed E-state index contributed by atoms with van der Waals surface area (Å²) in [5.41, 5.74) is -0.521. The van der Waals surface area contributed by atoms with Gasteiger partial charge in [0.1, 0.15) is 0 Å². The van der Waals surface area contributed by atoms with Crippen molar-refractivity contribution in [3.8, 4) is 0 Å². The number of halogens is 3. The van der Waals surface area contributed by atoms with Crippen LogP contribution < -0.4 is 0 Å². The molecule has 1 saturated heterocycles. The number of alkyl halides is 3. The minimum atomic E-state index is -4.45. The lowest BCUT2D eigenvalue weighted by Gasteiger charge is -2.36. The van der Waals surface area contributed by atoms with Crippen molar-refractivity contribution in [3.63, 3.8) is 0 Å². The lowest BCUT2D eigenvalue weighted by atomic mass is 9.93. The first kappa shape index (κ1) is 17.3. The van der Waals surface area contributed by atoms with Crippen molar-refractivity contribution in [1.29, 1.82) is 0 Å². The number of piperidine rings is 1. The normalized spacial score (nSPS) is 22.0. The van der Waals surface area contributed by atoms with Gasteiger partial charge in [-0.25, -0.2) is 0 Å². The van der Waals surface area contributed by atoms with E-state index in [-0.39, 0.29) is 30.5 Å². The molecule has 1 aliphatic heterocycles. The van der Waals surface area contributed by atoms with Gasteiger partial charge in [0.25, 0.3) is 0 Å². The van der Waals surface area contributed by atoms with Crippen LogP contribution in [0, 0.1) is 5.92 Å². The van der Waals surface area contributed by atoms with Gasteiger partial charge in [-0.15, -0.1) is 0 Å². The average molecular weight is 329 g/mol. The van der Waals surface area contributed by atoms with Crippen molar-refractivity contribution in [2.24, 2.45) is 5.92 Å². The fraction of sp³-hybridized carbons (Fsp3) is 0.500. The first-order valence-electron chi connectivity index (χ1n) is 7.37. The molecule has 0 aromatic heterocycles. The molecule has 126 valence electrons. The Morgan fingerprint density at radius 3 is 2.61 bits per heavy atom. The standard InChI is InChI=1S/C16H18F3NO3/c1-10-5-6-12(15(22)23)9-20(10)14(21)8-11-3-2-4-13(7-11)16(17,18)19/h2-4,7,10,12H,5-6,8-9H2,1H3,(H,22,23). The van der Waals surface area contributed by atoms with Gasteiger partial charge in [0.2, 0.25) is 5.91 Å². The van der Waals surface area contributed by atoms with Crippen LogP contribution in [0.25, 0.3) is 0 Å². The Balaban J connectivity index is 2.10. The molecule has 1 heterocycles. The summed E-state index contributed by atoms with van der Waals surface area (Å²) in [6.45, 7) is 1.93. The zero-order valence-electron chi connectivity index (χ0n) is 12.6. The highest BCUT2D eigenvalue weighted by molar-refractivity contribution is 5.80. The van der Waals surface area contributed by atoms with E-state index in [0.29, 0.717) is 12.8 Å². The Kier molecular flexibility index (Phi) is 4.97. The molecule has 1 N–H and O–H groups in total. The second kappa shape index (κ2) is 6.60. The summed E-state index contributed by atoms with van der Waals surface area (Å²) < 4.78 is 38.1. The van der Waals surface area contributed by atoms with E-state index in [9.17, 15) is 22.8 Å². The molecule has 2 unspecified atom stereocenters. The van der Waals surface area contributed by atoms with Gasteiger partial charge in [0.15, 0.2) is 0 Å². The van der Waals surface area contributed by atoms with E-state index in [2.05, 4.69) is 0 Å². The van der Waals surface area contributed by atoms with Crippen molar-refractivity contribution >= 4 is 11.9 Å². The molecule has 2 atom stereocenters. The topological polar surface area (TPSA) is 57.6 Å². The predicted octanol–water partition coefficient (Wildman–Crippen LogP) is 2.96. The third-order valence-corrected chi connectivity index (χ3v) is 4.16. The fourth-order valence-corrected chi connectivity index (χ4v) is 2.79. The molecule has 1 aromatic carbocycles. The molecule has 1 fully saturated rings. The van der Waals surface area contributed by atoms with E-state index in [1.165, 1.54) is 17.0 Å². The molecule has 0 radical (unpaired) electrons. The van der Waals surface area contributed by atoms with Gasteiger partial charge in [0.05, 0.1) is 17.9 Å². The highest BCUT2D eigenvalue weighted by Crippen LogP contribution is 2.30. The summed E-state index contributed by atoms with van der Waals surface area (Å²) in [7, 11) is 0. The van der Waals surface area contributed by atoms with Crippen LogP contribution in [-0.2, 0) is 22.2 Å². The third kappa shape index (κ3) is 4.24. The van der Waals surface area contributed by atoms with Gasteiger partial charge in [-0.3, -0.25) is 9.59 Å². The highest BCUT2D eigenvalue weighted by atomic mass is 19.4. The third-order valence-electron chi connectivity index (χ3n) is 4.16. The quantitative estimate of drug-likeness (QED) is 0.927. The molecule has 1 aromatic rings. The lowest BCUT2D eigenvalue weighted by molar-refractivity contribution is -0.147. The number of carboxylic acid groups (broad SMARTS) is 1. The van der Waals surface area contributed by atoms with Gasteiger partial charge in [-0.1, -0.05) is 18.2 Å². The van der Waals surface area contributed by atoms with Crippen LogP contribution >= 0.6 is 0 Å². The Bertz CT molecular complexity index is 600. The summed E-state index contributed by atoms with van der Waals surface area (Å²) in [6.07, 6.45) is -3.54. The molecule has 2 rings (SSSR count). The number of benzene rings is 1. The predicted molar refractivity (Wildman–Crippen MR) is 76.7 cm³/mol. The van der Waals surface area contributed by atoms with Crippen LogP contribution in [0.2, 0.25) is 0 Å². The number of carbonyl (C=O) groups excluding carboxylic acids is 1. The Hall–Kier alpha value is -2.05. The second-order valence-electron chi connectivity index (χ2n) is 5.88. The number of hydrogen-bond donors (Lipinski definition) is 1. The molecule has 23 heavy (non-hydrogen) atoms. The summed E-state index contributed by atoms with van der Waals surface area (Å²) in [5, 5.41) is 9.08. The molecule has 0 spiro atoms. The molecular weight excluding hydrogens is 311 g/mol. The molecule has 1 amide bonds. The molecule has 0 saturated carbocycles. The van der Waals surface area contributed by atoms with Gasteiger partial charge >= 0.3 is 12.1 Å². The Morgan fingerprint density at radius 1 is 1.30 bits per heavy atom. The van der Waals surface area contributed by atoms with E-state index >= 15 is 0 Å². The SMILES string of the molecule is CC1CCC(C(=O)O)CN1C(=O)Cc1cccc(C(F)(F)F)c1. The molecular formula is C16H18F3NO3. The minimum Gasteiger partial charge on any atom is -0.481 e. The number of carboxylic acids is 1. The summed E-state index contributed by atoms with van der Waals surface area (Å²) in [4.78, 5) is 24.9. The fourth-order valence-electron chi connectivity index (χ4n) is 2.79. The average Bonchev–Trinajstić information content (AvgIpc) is 2.46. The number of rotatable bonds is 3. The number of amides is 1. The van der Waals surface area contributed by atoms with Gasteiger partial charge in [0, 0.05) is 12.6 Å². The van der Waals surface area contributed by atoms with Crippen LogP contribution in [-0.4, -0.2) is 34.5 Å². The number of nitrogens with zero attached hydrogens (tertiary/aromatic N) is 1. The second-order valence-corrected chi connectivity index (χ2v) is 5.88. The summed E-state index contributed by atoms with van der Waals surface area (Å²) in [6, 6.07) is 4.55. The minimum absolute atomic E-state index is 0.105. The van der Waals surface area contributed by atoms with Gasteiger partial charge in [-0.2, -0.15) is 13.2 Å². The molecule has 4 nitrogen and oxygen atoms in total. The van der Waals surface area contributed by atoms with Crippen LogP contribution in [0.5, 0.6) is 0 Å². The number of likely N-dealkylation sites (tertiary alicyclic amines) is 1. The maximum atomic E-state index is 12.7. The van der Waals surface area contributed by atoms with Crippen molar-refractivity contribution in [2.45, 2.75) is 38.4 Å². The van der Waals surface area contributed by atoms with Crippen molar-refractivity contribution in [2.75, 3.05) is 6.54 Å². The number of aliphatic carboxylic acids is 1. The summed E-state index contributed by atoms with van der Waals surface area (Å²) >= 11 is 0. The van der Waals surface area contributed by atoms with Crippen LogP contribution in [0.15, 0.2) is 24.3 Å². The Morgan fingerprint density at radius 2 is 2.00 bits per heavy atom. The van der Waals surface area contributed by atoms with E-state index < -0.39 is 23.6 Å². The van der Waals surface area contributed by atoms with E-state index in [1.807, 2.05) is 6.92 Å². The largest absolute Gasteiger partial charge is 0.481 e. The van der Waals surface area contributed by atoms with Crippen molar-refractivity contribution < 1.29 is 27.9 Å². The van der Waals surface area contributed by atoms with Crippen LogP contribution in [0.3, 0.4) is 0 Å². The lowest BCUT2D eigenvalue weighted by Crippen LogP contribution is -2.47. The maximum Gasteiger partial charge on any atom is 0.416 e. The first-order valence-corrected chi connectivity index (χ1v) is 7.37. The molecule has 7 heteroatoms. The zero-order valence-corrected chi connectivity index (χ0v) is 12.6. The number of carbonyl (C=O) groups is 2. The smallest absolute Gasteiger partial charge is 0.416 e. The Labute approximate surface area is 131 Å². The maximum absolute atomic E-state index is 12.7. The monoisotopic (exact) mass is 329 g/mol. The highest BCUT2D eigenvalue weighted by Gasteiger charge is 2.33.